The number of methoxy groups -OCH3 is 1. The van der Waals surface area contributed by atoms with Crippen LogP contribution >= 0.6 is 11.8 Å². The maximum atomic E-state index is 11.5. The van der Waals surface area contributed by atoms with E-state index in [1.807, 2.05) is 24.3 Å². The lowest BCUT2D eigenvalue weighted by molar-refractivity contribution is -0.139. The summed E-state index contributed by atoms with van der Waals surface area (Å²) in [6.07, 6.45) is 1.48. The van der Waals surface area contributed by atoms with Gasteiger partial charge < -0.3 is 9.15 Å². The van der Waals surface area contributed by atoms with Crippen molar-refractivity contribution in [3.05, 3.63) is 30.6 Å². The first kappa shape index (κ1) is 12.9. The minimum absolute atomic E-state index is 0.294. The molecule has 5 nitrogen and oxygen atoms in total. The van der Waals surface area contributed by atoms with Crippen molar-refractivity contribution in [1.82, 2.24) is 9.97 Å². The quantitative estimate of drug-likeness (QED) is 0.419. The van der Waals surface area contributed by atoms with Crippen molar-refractivity contribution in [3.63, 3.8) is 0 Å². The van der Waals surface area contributed by atoms with E-state index in [1.54, 1.807) is 6.92 Å². The molecule has 1 aromatic carbocycles. The zero-order valence-corrected chi connectivity index (χ0v) is 11.8. The SMILES string of the molecule is COC(=O)[C@H](C)Sc1ncnc2c1oc1ccccc12. The first-order valence-electron chi connectivity index (χ1n) is 6.07. The maximum Gasteiger partial charge on any atom is 0.318 e. The molecule has 102 valence electrons. The Balaban J connectivity index is 2.10. The second-order valence-electron chi connectivity index (χ2n) is 4.24. The molecular formula is C14H12N2O3S. The summed E-state index contributed by atoms with van der Waals surface area (Å²) >= 11 is 1.30. The van der Waals surface area contributed by atoms with Gasteiger partial charge in [-0.25, -0.2) is 9.97 Å². The van der Waals surface area contributed by atoms with E-state index in [4.69, 9.17) is 9.15 Å². The highest BCUT2D eigenvalue weighted by Gasteiger charge is 2.20. The summed E-state index contributed by atoms with van der Waals surface area (Å²) in [5.74, 6) is -0.294. The molecule has 0 saturated carbocycles. The van der Waals surface area contributed by atoms with E-state index in [9.17, 15) is 4.79 Å². The molecule has 1 atom stereocenters. The van der Waals surface area contributed by atoms with Gasteiger partial charge in [0.05, 0.1) is 7.11 Å². The van der Waals surface area contributed by atoms with E-state index >= 15 is 0 Å². The molecule has 0 radical (unpaired) electrons. The zero-order valence-electron chi connectivity index (χ0n) is 11.0. The van der Waals surface area contributed by atoms with E-state index in [2.05, 4.69) is 9.97 Å². The second kappa shape index (κ2) is 5.13. The molecule has 3 aromatic rings. The topological polar surface area (TPSA) is 65.2 Å². The van der Waals surface area contributed by atoms with Crippen LogP contribution < -0.4 is 0 Å². The smallest absolute Gasteiger partial charge is 0.318 e. The molecule has 0 unspecified atom stereocenters. The third-order valence-electron chi connectivity index (χ3n) is 2.95. The van der Waals surface area contributed by atoms with E-state index < -0.39 is 0 Å². The van der Waals surface area contributed by atoms with Gasteiger partial charge in [0.25, 0.3) is 0 Å². The molecule has 0 amide bonds. The Bertz CT molecular complexity index is 784. The summed E-state index contributed by atoms with van der Waals surface area (Å²) in [5.41, 5.74) is 2.13. The predicted molar refractivity (Wildman–Crippen MR) is 76.6 cm³/mol. The van der Waals surface area contributed by atoms with Gasteiger partial charge in [-0.15, -0.1) is 0 Å². The van der Waals surface area contributed by atoms with Gasteiger partial charge in [0.15, 0.2) is 5.58 Å². The maximum absolute atomic E-state index is 11.5. The molecule has 2 heterocycles. The van der Waals surface area contributed by atoms with Gasteiger partial charge in [-0.3, -0.25) is 4.79 Å². The number of furan rings is 1. The van der Waals surface area contributed by atoms with E-state index in [0.717, 1.165) is 16.5 Å². The molecule has 0 N–H and O–H groups in total. The number of carbonyl (C=O) groups excluding carboxylic acids is 1. The molecule has 0 bridgehead atoms. The fraction of sp³-hybridized carbons (Fsp3) is 0.214. The Morgan fingerprint density at radius 2 is 2.15 bits per heavy atom. The summed E-state index contributed by atoms with van der Waals surface area (Å²) < 4.78 is 10.5. The molecular weight excluding hydrogens is 276 g/mol. The fourth-order valence-corrected chi connectivity index (χ4v) is 2.85. The Morgan fingerprint density at radius 1 is 1.35 bits per heavy atom. The number of fused-ring (bicyclic) bond motifs is 3. The van der Waals surface area contributed by atoms with Crippen LogP contribution in [0.3, 0.4) is 0 Å². The Kier molecular flexibility index (Phi) is 3.31. The van der Waals surface area contributed by atoms with Crippen molar-refractivity contribution in [2.75, 3.05) is 7.11 Å². The average molecular weight is 288 g/mol. The fourth-order valence-electron chi connectivity index (χ4n) is 1.97. The summed E-state index contributed by atoms with van der Waals surface area (Å²) in [6.45, 7) is 1.77. The molecule has 0 fully saturated rings. The number of hydrogen-bond donors (Lipinski definition) is 0. The number of carbonyl (C=O) groups is 1. The molecule has 0 aliphatic carbocycles. The largest absolute Gasteiger partial charge is 0.468 e. The van der Waals surface area contributed by atoms with Crippen LogP contribution in [0.1, 0.15) is 6.92 Å². The van der Waals surface area contributed by atoms with Gasteiger partial charge >= 0.3 is 5.97 Å². The molecule has 0 aliphatic rings. The van der Waals surface area contributed by atoms with E-state index in [0.29, 0.717) is 10.6 Å². The lowest BCUT2D eigenvalue weighted by Crippen LogP contribution is -2.14. The molecule has 0 spiro atoms. The van der Waals surface area contributed by atoms with Crippen LogP contribution in [0.25, 0.3) is 22.1 Å². The second-order valence-corrected chi connectivity index (χ2v) is 5.57. The minimum Gasteiger partial charge on any atom is -0.468 e. The average Bonchev–Trinajstić information content (AvgIpc) is 2.86. The molecule has 0 aliphatic heterocycles. The normalized spacial score (nSPS) is 12.7. The summed E-state index contributed by atoms with van der Waals surface area (Å²) in [7, 11) is 1.37. The lowest BCUT2D eigenvalue weighted by atomic mass is 10.2. The lowest BCUT2D eigenvalue weighted by Gasteiger charge is -2.07. The van der Waals surface area contributed by atoms with Crippen LogP contribution in [0.2, 0.25) is 0 Å². The Labute approximate surface area is 119 Å². The Hall–Kier alpha value is -2.08. The van der Waals surface area contributed by atoms with Crippen LogP contribution in [-0.2, 0) is 9.53 Å². The molecule has 2 aromatic heterocycles. The van der Waals surface area contributed by atoms with E-state index in [1.165, 1.54) is 25.2 Å². The zero-order chi connectivity index (χ0) is 14.1. The van der Waals surface area contributed by atoms with Crippen LogP contribution in [0.4, 0.5) is 0 Å². The van der Waals surface area contributed by atoms with Gasteiger partial charge in [-0.2, -0.15) is 0 Å². The monoisotopic (exact) mass is 288 g/mol. The summed E-state index contributed by atoms with van der Waals surface area (Å²) in [5, 5.41) is 1.23. The number of esters is 1. The molecule has 3 rings (SSSR count). The van der Waals surface area contributed by atoms with Gasteiger partial charge in [-0.05, 0) is 19.1 Å². The highest BCUT2D eigenvalue weighted by molar-refractivity contribution is 8.00. The standard InChI is InChI=1S/C14H12N2O3S/c1-8(14(17)18-2)20-13-12-11(15-7-16-13)9-5-3-4-6-10(9)19-12/h3-8H,1-2H3/t8-/m0/s1. The van der Waals surface area contributed by atoms with Gasteiger partial charge in [0, 0.05) is 5.39 Å². The van der Waals surface area contributed by atoms with Crippen molar-refractivity contribution in [2.24, 2.45) is 0 Å². The van der Waals surface area contributed by atoms with Crippen LogP contribution in [0.15, 0.2) is 40.0 Å². The van der Waals surface area contributed by atoms with Crippen molar-refractivity contribution in [3.8, 4) is 0 Å². The van der Waals surface area contributed by atoms with E-state index in [-0.39, 0.29) is 11.2 Å². The minimum atomic E-state index is -0.355. The number of aromatic nitrogens is 2. The van der Waals surface area contributed by atoms with Crippen LogP contribution in [0, 0.1) is 0 Å². The Morgan fingerprint density at radius 3 is 2.95 bits per heavy atom. The van der Waals surface area contributed by atoms with Crippen molar-refractivity contribution < 1.29 is 13.9 Å². The van der Waals surface area contributed by atoms with Crippen LogP contribution in [-0.4, -0.2) is 28.3 Å². The number of nitrogens with zero attached hydrogens (tertiary/aromatic N) is 2. The predicted octanol–water partition coefficient (Wildman–Crippen LogP) is 3.03. The van der Waals surface area contributed by atoms with Crippen molar-refractivity contribution in [2.45, 2.75) is 17.2 Å². The van der Waals surface area contributed by atoms with Crippen LogP contribution in [0.5, 0.6) is 0 Å². The molecule has 20 heavy (non-hydrogen) atoms. The highest BCUT2D eigenvalue weighted by atomic mass is 32.2. The summed E-state index contributed by atoms with van der Waals surface area (Å²) in [6, 6.07) is 7.67. The van der Waals surface area contributed by atoms with Gasteiger partial charge in [0.2, 0.25) is 0 Å². The number of benzene rings is 1. The first-order valence-corrected chi connectivity index (χ1v) is 6.95. The number of para-hydroxylation sites is 1. The van der Waals surface area contributed by atoms with Crippen molar-refractivity contribution in [1.29, 1.82) is 0 Å². The number of thioether (sulfide) groups is 1. The third-order valence-corrected chi connectivity index (χ3v) is 4.01. The van der Waals surface area contributed by atoms with Gasteiger partial charge in [0.1, 0.15) is 27.7 Å². The summed E-state index contributed by atoms with van der Waals surface area (Å²) in [4.78, 5) is 20.0. The molecule has 0 saturated heterocycles. The number of rotatable bonds is 3. The first-order chi connectivity index (χ1) is 9.70. The third kappa shape index (κ3) is 2.12. The van der Waals surface area contributed by atoms with Crippen molar-refractivity contribution >= 4 is 39.8 Å². The number of ether oxygens (including phenoxy) is 1. The highest BCUT2D eigenvalue weighted by Crippen LogP contribution is 2.34. The van der Waals surface area contributed by atoms with Gasteiger partial charge in [-0.1, -0.05) is 23.9 Å². The molecule has 6 heteroatoms. The number of hydrogen-bond acceptors (Lipinski definition) is 6.